The molecule has 1 fully saturated rings. The maximum Gasteiger partial charge on any atom is 0.410 e. The summed E-state index contributed by atoms with van der Waals surface area (Å²) >= 11 is 0. The number of hydrogen-bond acceptors (Lipinski definition) is 3. The normalized spacial score (nSPS) is 21.6. The Balaban J connectivity index is 0.000000970. The van der Waals surface area contributed by atoms with Gasteiger partial charge in [0.15, 0.2) is 0 Å². The number of carbonyl (C=O) groups is 1. The molecule has 2 rings (SSSR count). The van der Waals surface area contributed by atoms with E-state index in [-0.39, 0.29) is 6.09 Å². The maximum absolute atomic E-state index is 12.1. The van der Waals surface area contributed by atoms with E-state index in [2.05, 4.69) is 31.9 Å². The molecular formula is C21H36N2O2. The van der Waals surface area contributed by atoms with Crippen LogP contribution in [0.3, 0.4) is 0 Å². The molecule has 1 unspecified atom stereocenters. The molecule has 1 atom stereocenters. The van der Waals surface area contributed by atoms with E-state index in [1.54, 1.807) is 6.08 Å². The minimum absolute atomic E-state index is 0.184. The Morgan fingerprint density at radius 3 is 2.20 bits per heavy atom. The summed E-state index contributed by atoms with van der Waals surface area (Å²) in [5.41, 5.74) is 2.31. The second-order valence-corrected chi connectivity index (χ2v) is 7.93. The lowest BCUT2D eigenvalue weighted by Crippen LogP contribution is -2.47. The molecule has 0 saturated carbocycles. The molecule has 0 aliphatic carbocycles. The van der Waals surface area contributed by atoms with Gasteiger partial charge in [-0.05, 0) is 65.0 Å². The van der Waals surface area contributed by atoms with E-state index in [1.165, 1.54) is 11.3 Å². The molecule has 1 amide bonds. The van der Waals surface area contributed by atoms with Crippen LogP contribution < -0.4 is 0 Å². The first-order chi connectivity index (χ1) is 11.6. The zero-order chi connectivity index (χ0) is 19.2. The van der Waals surface area contributed by atoms with Crippen LogP contribution in [0.2, 0.25) is 0 Å². The minimum Gasteiger partial charge on any atom is -0.444 e. The van der Waals surface area contributed by atoms with Gasteiger partial charge in [0.2, 0.25) is 0 Å². The Bertz CT molecular complexity index is 508. The molecule has 4 heteroatoms. The van der Waals surface area contributed by atoms with E-state index in [4.69, 9.17) is 4.74 Å². The third-order valence-electron chi connectivity index (χ3n) is 4.67. The monoisotopic (exact) mass is 348 g/mol. The summed E-state index contributed by atoms with van der Waals surface area (Å²) in [4.78, 5) is 16.5. The largest absolute Gasteiger partial charge is 0.444 e. The van der Waals surface area contributed by atoms with Gasteiger partial charge < -0.3 is 14.5 Å². The lowest BCUT2D eigenvalue weighted by molar-refractivity contribution is 0.0164. The SMILES string of the molecule is C=CC.C=CC1=C(C)C(C)CN1C1CCN(C(=O)OC(C)(C)C)CC1. The number of ether oxygens (including phenoxy) is 1. The van der Waals surface area contributed by atoms with Gasteiger partial charge in [0.25, 0.3) is 0 Å². The smallest absolute Gasteiger partial charge is 0.410 e. The second kappa shape index (κ2) is 9.12. The van der Waals surface area contributed by atoms with Crippen molar-refractivity contribution in [1.82, 2.24) is 9.80 Å². The highest BCUT2D eigenvalue weighted by Crippen LogP contribution is 2.33. The van der Waals surface area contributed by atoms with Gasteiger partial charge in [-0.25, -0.2) is 4.79 Å². The van der Waals surface area contributed by atoms with E-state index in [9.17, 15) is 4.79 Å². The molecule has 25 heavy (non-hydrogen) atoms. The minimum atomic E-state index is -0.422. The summed E-state index contributed by atoms with van der Waals surface area (Å²) < 4.78 is 5.46. The lowest BCUT2D eigenvalue weighted by Gasteiger charge is -2.39. The van der Waals surface area contributed by atoms with Crippen molar-refractivity contribution >= 4 is 6.09 Å². The Kier molecular flexibility index (Phi) is 7.78. The molecule has 2 heterocycles. The van der Waals surface area contributed by atoms with E-state index >= 15 is 0 Å². The number of hydrogen-bond donors (Lipinski definition) is 0. The van der Waals surface area contributed by atoms with Crippen LogP contribution in [0.1, 0.15) is 54.4 Å². The van der Waals surface area contributed by atoms with Crippen LogP contribution in [0.25, 0.3) is 0 Å². The first-order valence-corrected chi connectivity index (χ1v) is 9.29. The van der Waals surface area contributed by atoms with Gasteiger partial charge in [-0.15, -0.1) is 6.58 Å². The average molecular weight is 349 g/mol. The summed E-state index contributed by atoms with van der Waals surface area (Å²) in [5, 5.41) is 0. The van der Waals surface area contributed by atoms with Crippen LogP contribution in [0, 0.1) is 5.92 Å². The van der Waals surface area contributed by atoms with Gasteiger partial charge in [-0.3, -0.25) is 0 Å². The summed E-state index contributed by atoms with van der Waals surface area (Å²) in [6.07, 6.45) is 5.54. The molecule has 0 aromatic carbocycles. The summed E-state index contributed by atoms with van der Waals surface area (Å²) in [7, 11) is 0. The Morgan fingerprint density at radius 2 is 1.76 bits per heavy atom. The van der Waals surface area contributed by atoms with E-state index < -0.39 is 5.60 Å². The molecule has 0 radical (unpaired) electrons. The van der Waals surface area contributed by atoms with Crippen LogP contribution in [-0.2, 0) is 4.74 Å². The van der Waals surface area contributed by atoms with E-state index in [1.807, 2.05) is 38.7 Å². The van der Waals surface area contributed by atoms with Gasteiger partial charge in [0.05, 0.1) is 0 Å². The Labute approximate surface area is 154 Å². The molecule has 0 N–H and O–H groups in total. The van der Waals surface area contributed by atoms with Crippen molar-refractivity contribution in [1.29, 1.82) is 0 Å². The van der Waals surface area contributed by atoms with Crippen LogP contribution in [-0.4, -0.2) is 47.2 Å². The van der Waals surface area contributed by atoms with Crippen molar-refractivity contribution in [3.8, 4) is 0 Å². The van der Waals surface area contributed by atoms with Gasteiger partial charge in [-0.1, -0.05) is 19.6 Å². The molecular weight excluding hydrogens is 312 g/mol. The highest BCUT2D eigenvalue weighted by molar-refractivity contribution is 5.68. The summed E-state index contributed by atoms with van der Waals surface area (Å²) in [5.74, 6) is 0.594. The van der Waals surface area contributed by atoms with Crippen molar-refractivity contribution in [3.63, 3.8) is 0 Å². The third-order valence-corrected chi connectivity index (χ3v) is 4.67. The van der Waals surface area contributed by atoms with E-state index in [0.29, 0.717) is 12.0 Å². The fraction of sp³-hybridized carbons (Fsp3) is 0.667. The number of allylic oxidation sites excluding steroid dienone is 2. The average Bonchev–Trinajstić information content (AvgIpc) is 2.81. The molecule has 2 aliphatic rings. The van der Waals surface area contributed by atoms with Gasteiger partial charge >= 0.3 is 6.09 Å². The molecule has 0 spiro atoms. The Hall–Kier alpha value is -1.71. The molecule has 2 aliphatic heterocycles. The van der Waals surface area contributed by atoms with Crippen LogP contribution in [0.4, 0.5) is 4.79 Å². The zero-order valence-electron chi connectivity index (χ0n) is 17.0. The summed E-state index contributed by atoms with van der Waals surface area (Å²) in [6.45, 7) is 22.0. The first kappa shape index (κ1) is 21.3. The third kappa shape index (κ3) is 5.94. The maximum atomic E-state index is 12.1. The number of amides is 1. The van der Waals surface area contributed by atoms with Crippen molar-refractivity contribution in [3.05, 3.63) is 36.6 Å². The van der Waals surface area contributed by atoms with Crippen molar-refractivity contribution in [2.24, 2.45) is 5.92 Å². The van der Waals surface area contributed by atoms with E-state index in [0.717, 1.165) is 32.5 Å². The number of rotatable bonds is 2. The molecule has 0 bridgehead atoms. The molecule has 0 aromatic heterocycles. The first-order valence-electron chi connectivity index (χ1n) is 9.29. The number of likely N-dealkylation sites (tertiary alicyclic amines) is 1. The van der Waals surface area contributed by atoms with Crippen LogP contribution in [0.5, 0.6) is 0 Å². The predicted octanol–water partition coefficient (Wildman–Crippen LogP) is 4.99. The van der Waals surface area contributed by atoms with Crippen molar-refractivity contribution in [2.75, 3.05) is 19.6 Å². The van der Waals surface area contributed by atoms with Crippen LogP contribution >= 0.6 is 0 Å². The van der Waals surface area contributed by atoms with Gasteiger partial charge in [-0.2, -0.15) is 0 Å². The topological polar surface area (TPSA) is 32.8 Å². The highest BCUT2D eigenvalue weighted by atomic mass is 16.6. The molecule has 4 nitrogen and oxygen atoms in total. The highest BCUT2D eigenvalue weighted by Gasteiger charge is 2.33. The van der Waals surface area contributed by atoms with Gasteiger partial charge in [0, 0.05) is 31.4 Å². The standard InChI is InChI=1S/C18H30N2O2.C3H6/c1-7-16-14(3)13(2)12-20(16)15-8-10-19(11-9-15)17(21)22-18(4,5)6;1-3-2/h7,13,15H,1,8-12H2,2-6H3;3H,1H2,2H3. The zero-order valence-corrected chi connectivity index (χ0v) is 17.0. The fourth-order valence-corrected chi connectivity index (χ4v) is 3.32. The molecule has 0 aromatic rings. The Morgan fingerprint density at radius 1 is 1.24 bits per heavy atom. The van der Waals surface area contributed by atoms with Gasteiger partial charge in [0.1, 0.15) is 5.60 Å². The number of nitrogens with zero attached hydrogens (tertiary/aromatic N) is 2. The molecule has 142 valence electrons. The number of carbonyl (C=O) groups excluding carboxylic acids is 1. The lowest BCUT2D eigenvalue weighted by atomic mass is 10.0. The second-order valence-electron chi connectivity index (χ2n) is 7.93. The fourth-order valence-electron chi connectivity index (χ4n) is 3.32. The van der Waals surface area contributed by atoms with Crippen molar-refractivity contribution < 1.29 is 9.53 Å². The molecule has 1 saturated heterocycles. The van der Waals surface area contributed by atoms with Crippen molar-refractivity contribution in [2.45, 2.75) is 66.0 Å². The number of piperidine rings is 1. The quantitative estimate of drug-likeness (QED) is 0.659. The summed E-state index contributed by atoms with van der Waals surface area (Å²) in [6, 6.07) is 0.506. The van der Waals surface area contributed by atoms with Crippen LogP contribution in [0.15, 0.2) is 36.6 Å². The predicted molar refractivity (Wildman–Crippen MR) is 105 cm³/mol.